The zero-order valence-corrected chi connectivity index (χ0v) is 18.9. The van der Waals surface area contributed by atoms with Gasteiger partial charge in [-0.15, -0.1) is 0 Å². The number of ether oxygens (including phenoxy) is 1. The number of hydrogen-bond donors (Lipinski definition) is 0. The summed E-state index contributed by atoms with van der Waals surface area (Å²) in [7, 11) is 0. The fourth-order valence-electron chi connectivity index (χ4n) is 4.13. The second kappa shape index (κ2) is 8.16. The van der Waals surface area contributed by atoms with E-state index >= 15 is 0 Å². The van der Waals surface area contributed by atoms with Gasteiger partial charge in [0.2, 0.25) is 0 Å². The Morgan fingerprint density at radius 2 is 1.50 bits per heavy atom. The van der Waals surface area contributed by atoms with Crippen LogP contribution in [0.2, 0.25) is 0 Å². The smallest absolute Gasteiger partial charge is 0.148 e. The van der Waals surface area contributed by atoms with Gasteiger partial charge in [0.05, 0.1) is 11.0 Å². The van der Waals surface area contributed by atoms with Crippen LogP contribution in [0.25, 0.3) is 21.8 Å². The summed E-state index contributed by atoms with van der Waals surface area (Å²) in [4.78, 5) is 4.88. The van der Waals surface area contributed by atoms with Gasteiger partial charge in [0.1, 0.15) is 18.2 Å². The molecule has 0 unspecified atom stereocenters. The molecule has 3 heteroatoms. The molecular weight excluding hydrogens is 392 g/mol. The highest BCUT2D eigenvalue weighted by Gasteiger charge is 2.14. The number of fused-ring (bicyclic) bond motifs is 2. The number of aromatic nitrogens is 2. The van der Waals surface area contributed by atoms with Gasteiger partial charge in [0.25, 0.3) is 0 Å². The van der Waals surface area contributed by atoms with Crippen LogP contribution >= 0.6 is 0 Å². The molecule has 0 spiro atoms. The Labute approximate surface area is 189 Å². The summed E-state index contributed by atoms with van der Waals surface area (Å²) in [6, 6.07) is 31.8. The number of nitrogens with zero attached hydrogens (tertiary/aromatic N) is 2. The molecule has 3 nitrogen and oxygen atoms in total. The van der Waals surface area contributed by atoms with Gasteiger partial charge in [-0.1, -0.05) is 81.4 Å². The molecule has 4 aromatic carbocycles. The van der Waals surface area contributed by atoms with Crippen LogP contribution in [0.4, 0.5) is 0 Å². The van der Waals surface area contributed by atoms with Gasteiger partial charge in [-0.3, -0.25) is 0 Å². The maximum atomic E-state index is 6.15. The van der Waals surface area contributed by atoms with E-state index in [1.54, 1.807) is 0 Å². The summed E-state index contributed by atoms with van der Waals surface area (Å²) in [5.41, 5.74) is 4.81. The predicted molar refractivity (Wildman–Crippen MR) is 132 cm³/mol. The quantitative estimate of drug-likeness (QED) is 0.303. The maximum Gasteiger partial charge on any atom is 0.148 e. The fraction of sp³-hybridized carbons (Fsp3) is 0.207. The highest BCUT2D eigenvalue weighted by atomic mass is 16.5. The maximum absolute atomic E-state index is 6.15. The van der Waals surface area contributed by atoms with E-state index in [9.17, 15) is 0 Å². The zero-order chi connectivity index (χ0) is 22.1. The van der Waals surface area contributed by atoms with Crippen molar-refractivity contribution in [2.24, 2.45) is 0 Å². The molecule has 0 saturated heterocycles. The lowest BCUT2D eigenvalue weighted by molar-refractivity contribution is 0.291. The minimum atomic E-state index is 0.131. The minimum Gasteiger partial charge on any atom is -0.486 e. The van der Waals surface area contributed by atoms with E-state index < -0.39 is 0 Å². The molecule has 0 bridgehead atoms. The highest BCUT2D eigenvalue weighted by molar-refractivity contribution is 5.83. The molecule has 0 N–H and O–H groups in total. The van der Waals surface area contributed by atoms with Gasteiger partial charge in [-0.05, 0) is 57.6 Å². The molecule has 1 aromatic heterocycles. The molecule has 0 amide bonds. The van der Waals surface area contributed by atoms with Crippen LogP contribution < -0.4 is 4.74 Å². The van der Waals surface area contributed by atoms with Gasteiger partial charge in [-0.2, -0.15) is 0 Å². The van der Waals surface area contributed by atoms with E-state index in [-0.39, 0.29) is 5.41 Å². The van der Waals surface area contributed by atoms with Crippen molar-refractivity contribution in [2.75, 3.05) is 0 Å². The molecule has 5 aromatic rings. The van der Waals surface area contributed by atoms with E-state index in [0.717, 1.165) is 29.2 Å². The fourth-order valence-corrected chi connectivity index (χ4v) is 4.13. The first kappa shape index (κ1) is 20.3. The number of imidazole rings is 1. The summed E-state index contributed by atoms with van der Waals surface area (Å²) < 4.78 is 8.42. The van der Waals surface area contributed by atoms with Crippen LogP contribution in [0.1, 0.15) is 37.7 Å². The van der Waals surface area contributed by atoms with Crippen molar-refractivity contribution in [3.05, 3.63) is 108 Å². The first-order valence-electron chi connectivity index (χ1n) is 11.1. The van der Waals surface area contributed by atoms with Crippen molar-refractivity contribution in [1.82, 2.24) is 9.55 Å². The first-order valence-corrected chi connectivity index (χ1v) is 11.1. The van der Waals surface area contributed by atoms with Crippen molar-refractivity contribution < 1.29 is 4.74 Å². The van der Waals surface area contributed by atoms with E-state index in [1.165, 1.54) is 21.9 Å². The Bertz CT molecular complexity index is 1370. The van der Waals surface area contributed by atoms with E-state index in [4.69, 9.17) is 9.72 Å². The number of benzene rings is 4. The van der Waals surface area contributed by atoms with Crippen molar-refractivity contribution >= 4 is 21.8 Å². The molecule has 0 fully saturated rings. The summed E-state index contributed by atoms with van der Waals surface area (Å²) in [5.74, 6) is 1.79. The first-order chi connectivity index (χ1) is 15.5. The van der Waals surface area contributed by atoms with Crippen molar-refractivity contribution in [2.45, 2.75) is 39.3 Å². The zero-order valence-electron chi connectivity index (χ0n) is 18.9. The van der Waals surface area contributed by atoms with Crippen LogP contribution in [0, 0.1) is 0 Å². The van der Waals surface area contributed by atoms with Crippen molar-refractivity contribution in [1.29, 1.82) is 0 Å². The van der Waals surface area contributed by atoms with Crippen LogP contribution in [0.3, 0.4) is 0 Å². The second-order valence-electron chi connectivity index (χ2n) is 9.35. The average molecular weight is 421 g/mol. The second-order valence-corrected chi connectivity index (χ2v) is 9.35. The SMILES string of the molecule is CC(C)(C)c1ccc(OCc2nc3ccccc3n2Cc2ccc3ccccc3c2)cc1. The summed E-state index contributed by atoms with van der Waals surface area (Å²) in [5, 5.41) is 2.51. The molecule has 1 heterocycles. The number of rotatable bonds is 5. The lowest BCUT2D eigenvalue weighted by Gasteiger charge is -2.19. The molecule has 32 heavy (non-hydrogen) atoms. The topological polar surface area (TPSA) is 27.1 Å². The minimum absolute atomic E-state index is 0.131. The number of para-hydroxylation sites is 2. The molecule has 0 aliphatic rings. The van der Waals surface area contributed by atoms with E-state index in [1.807, 2.05) is 6.07 Å². The monoisotopic (exact) mass is 420 g/mol. The molecule has 0 saturated carbocycles. The molecule has 0 radical (unpaired) electrons. The number of hydrogen-bond acceptors (Lipinski definition) is 2. The van der Waals surface area contributed by atoms with Gasteiger partial charge in [0.15, 0.2) is 0 Å². The Balaban J connectivity index is 1.43. The Morgan fingerprint density at radius 1 is 0.781 bits per heavy atom. The predicted octanol–water partition coefficient (Wildman–Crippen LogP) is 7.11. The third-order valence-corrected chi connectivity index (χ3v) is 5.98. The Kier molecular flexibility index (Phi) is 5.18. The lowest BCUT2D eigenvalue weighted by atomic mass is 9.87. The molecular formula is C29H28N2O. The van der Waals surface area contributed by atoms with Gasteiger partial charge < -0.3 is 9.30 Å². The van der Waals surface area contributed by atoms with Crippen LogP contribution in [0.5, 0.6) is 5.75 Å². The molecule has 0 aliphatic heterocycles. The standard InChI is InChI=1S/C29H28N2O/c1-29(2,3)24-14-16-25(17-15-24)32-20-28-30-26-10-6-7-11-27(26)31(28)19-21-12-13-22-8-4-5-9-23(22)18-21/h4-18H,19-20H2,1-3H3. The summed E-state index contributed by atoms with van der Waals surface area (Å²) >= 11 is 0. The van der Waals surface area contributed by atoms with Crippen LogP contribution in [-0.4, -0.2) is 9.55 Å². The molecule has 160 valence electrons. The van der Waals surface area contributed by atoms with Gasteiger partial charge in [-0.25, -0.2) is 4.98 Å². The van der Waals surface area contributed by atoms with E-state index in [2.05, 4.69) is 110 Å². The van der Waals surface area contributed by atoms with Crippen LogP contribution in [0.15, 0.2) is 91.0 Å². The lowest BCUT2D eigenvalue weighted by Crippen LogP contribution is -2.11. The molecule has 0 aliphatic carbocycles. The van der Waals surface area contributed by atoms with Crippen LogP contribution in [-0.2, 0) is 18.6 Å². The Morgan fingerprint density at radius 3 is 2.28 bits per heavy atom. The van der Waals surface area contributed by atoms with Crippen molar-refractivity contribution in [3.63, 3.8) is 0 Å². The van der Waals surface area contributed by atoms with Crippen molar-refractivity contribution in [3.8, 4) is 5.75 Å². The van der Waals surface area contributed by atoms with Gasteiger partial charge in [0, 0.05) is 6.54 Å². The van der Waals surface area contributed by atoms with E-state index in [0.29, 0.717) is 6.61 Å². The highest BCUT2D eigenvalue weighted by Crippen LogP contribution is 2.25. The third kappa shape index (κ3) is 4.11. The largest absolute Gasteiger partial charge is 0.486 e. The average Bonchev–Trinajstić information content (AvgIpc) is 3.14. The summed E-state index contributed by atoms with van der Waals surface area (Å²) in [6.45, 7) is 7.85. The molecule has 0 atom stereocenters. The third-order valence-electron chi connectivity index (χ3n) is 5.98. The van der Waals surface area contributed by atoms with Gasteiger partial charge >= 0.3 is 0 Å². The normalized spacial score (nSPS) is 11.8. The summed E-state index contributed by atoms with van der Waals surface area (Å²) in [6.07, 6.45) is 0. The molecule has 5 rings (SSSR count). The Hall–Kier alpha value is -3.59.